The van der Waals surface area contributed by atoms with Crippen LogP contribution < -0.4 is 5.32 Å². The van der Waals surface area contributed by atoms with Crippen LogP contribution in [0, 0.1) is 0 Å². The van der Waals surface area contributed by atoms with Crippen LogP contribution in [0.2, 0.25) is 0 Å². The van der Waals surface area contributed by atoms with Crippen LogP contribution in [0.4, 0.5) is 0 Å². The zero-order chi connectivity index (χ0) is 13.7. The molecule has 19 heavy (non-hydrogen) atoms. The highest BCUT2D eigenvalue weighted by molar-refractivity contribution is 5.76. The molecule has 2 saturated heterocycles. The summed E-state index contributed by atoms with van der Waals surface area (Å²) in [7, 11) is 4.34. The molecule has 2 aliphatic rings. The maximum Gasteiger partial charge on any atom is 0.223 e. The van der Waals surface area contributed by atoms with Crippen molar-refractivity contribution >= 4 is 5.91 Å². The molecule has 2 rings (SSSR count). The number of carbonyl (C=O) groups excluding carboxylic acids is 1. The Bertz CT molecular complexity index is 291. The molecule has 2 fully saturated rings. The predicted molar refractivity (Wildman–Crippen MR) is 77.2 cm³/mol. The fourth-order valence-electron chi connectivity index (χ4n) is 3.02. The van der Waals surface area contributed by atoms with Crippen LogP contribution in [-0.4, -0.2) is 86.6 Å². The lowest BCUT2D eigenvalue weighted by Gasteiger charge is -2.29. The van der Waals surface area contributed by atoms with Crippen LogP contribution in [0.3, 0.4) is 0 Å². The van der Waals surface area contributed by atoms with E-state index >= 15 is 0 Å². The Kier molecular flexibility index (Phi) is 5.60. The number of hydrogen-bond acceptors (Lipinski definition) is 4. The third kappa shape index (κ3) is 4.44. The van der Waals surface area contributed by atoms with E-state index in [4.69, 9.17) is 0 Å². The van der Waals surface area contributed by atoms with Crippen molar-refractivity contribution in [2.24, 2.45) is 0 Å². The number of likely N-dealkylation sites (N-methyl/N-ethyl adjacent to an activating group) is 2. The highest BCUT2D eigenvalue weighted by atomic mass is 16.2. The zero-order valence-corrected chi connectivity index (χ0v) is 12.4. The summed E-state index contributed by atoms with van der Waals surface area (Å²) in [5.41, 5.74) is 0. The van der Waals surface area contributed by atoms with Crippen LogP contribution in [-0.2, 0) is 4.79 Å². The van der Waals surface area contributed by atoms with Crippen molar-refractivity contribution in [1.82, 2.24) is 20.0 Å². The minimum Gasteiger partial charge on any atom is -0.340 e. The Morgan fingerprint density at radius 1 is 1.32 bits per heavy atom. The van der Waals surface area contributed by atoms with Gasteiger partial charge in [0.2, 0.25) is 5.91 Å². The molecular weight excluding hydrogens is 240 g/mol. The first kappa shape index (κ1) is 14.8. The molecule has 1 unspecified atom stereocenters. The van der Waals surface area contributed by atoms with Crippen molar-refractivity contribution in [3.63, 3.8) is 0 Å². The minimum absolute atomic E-state index is 0.313. The van der Waals surface area contributed by atoms with Crippen molar-refractivity contribution in [1.29, 1.82) is 0 Å². The van der Waals surface area contributed by atoms with Gasteiger partial charge in [0.25, 0.3) is 0 Å². The minimum atomic E-state index is 0.313. The van der Waals surface area contributed by atoms with Gasteiger partial charge in [0.05, 0.1) is 0 Å². The Hall–Kier alpha value is -0.650. The van der Waals surface area contributed by atoms with Crippen LogP contribution in [0.25, 0.3) is 0 Å². The fraction of sp³-hybridized carbons (Fsp3) is 0.929. The maximum absolute atomic E-state index is 12.1. The molecule has 1 amide bonds. The van der Waals surface area contributed by atoms with Gasteiger partial charge in [-0.15, -0.1) is 0 Å². The van der Waals surface area contributed by atoms with Gasteiger partial charge in [-0.05, 0) is 33.5 Å². The monoisotopic (exact) mass is 268 g/mol. The zero-order valence-electron chi connectivity index (χ0n) is 12.4. The van der Waals surface area contributed by atoms with E-state index in [-0.39, 0.29) is 0 Å². The second-order valence-corrected chi connectivity index (χ2v) is 5.92. The Morgan fingerprint density at radius 2 is 2.05 bits per heavy atom. The van der Waals surface area contributed by atoms with E-state index < -0.39 is 0 Å². The van der Waals surface area contributed by atoms with Gasteiger partial charge >= 0.3 is 0 Å². The molecule has 0 aromatic rings. The topological polar surface area (TPSA) is 38.8 Å². The van der Waals surface area contributed by atoms with E-state index in [1.54, 1.807) is 0 Å². The van der Waals surface area contributed by atoms with Gasteiger partial charge in [-0.2, -0.15) is 0 Å². The summed E-state index contributed by atoms with van der Waals surface area (Å²) in [4.78, 5) is 18.8. The molecule has 0 radical (unpaired) electrons. The highest BCUT2D eigenvalue weighted by Crippen LogP contribution is 2.15. The van der Waals surface area contributed by atoms with Gasteiger partial charge in [0, 0.05) is 51.7 Å². The van der Waals surface area contributed by atoms with E-state index in [9.17, 15) is 4.79 Å². The molecular formula is C14H28N4O. The second kappa shape index (κ2) is 7.22. The predicted octanol–water partition coefficient (Wildman–Crippen LogP) is -0.166. The number of piperazine rings is 1. The molecule has 1 atom stereocenters. The fourth-order valence-corrected chi connectivity index (χ4v) is 3.02. The van der Waals surface area contributed by atoms with Crippen molar-refractivity contribution in [2.45, 2.75) is 25.3 Å². The summed E-state index contributed by atoms with van der Waals surface area (Å²) < 4.78 is 0. The first-order valence-corrected chi connectivity index (χ1v) is 7.54. The molecule has 0 aromatic heterocycles. The average Bonchev–Trinajstić information content (AvgIpc) is 2.82. The summed E-state index contributed by atoms with van der Waals surface area (Å²) in [5.74, 6) is 0.313. The first-order chi connectivity index (χ1) is 9.16. The first-order valence-electron chi connectivity index (χ1n) is 7.54. The van der Waals surface area contributed by atoms with E-state index in [0.29, 0.717) is 18.4 Å². The summed E-state index contributed by atoms with van der Waals surface area (Å²) >= 11 is 0. The molecule has 0 saturated carbocycles. The lowest BCUT2D eigenvalue weighted by atomic mass is 10.2. The third-order valence-corrected chi connectivity index (χ3v) is 4.37. The van der Waals surface area contributed by atoms with E-state index in [2.05, 4.69) is 29.2 Å². The van der Waals surface area contributed by atoms with E-state index in [1.165, 1.54) is 19.4 Å². The van der Waals surface area contributed by atoms with Gasteiger partial charge in [-0.25, -0.2) is 0 Å². The van der Waals surface area contributed by atoms with Gasteiger partial charge in [-0.3, -0.25) is 4.79 Å². The van der Waals surface area contributed by atoms with Gasteiger partial charge in [-0.1, -0.05) is 0 Å². The Morgan fingerprint density at radius 3 is 2.68 bits per heavy atom. The standard InChI is InChI=1S/C14H28N4O/c1-16(12-13-4-3-8-17(13)2)9-5-14(19)18-10-6-15-7-11-18/h13,15H,3-12H2,1-2H3. The Labute approximate surface area is 116 Å². The van der Waals surface area contributed by atoms with Crippen molar-refractivity contribution in [2.75, 3.05) is 59.9 Å². The smallest absolute Gasteiger partial charge is 0.223 e. The van der Waals surface area contributed by atoms with Crippen LogP contribution in [0.1, 0.15) is 19.3 Å². The summed E-state index contributed by atoms with van der Waals surface area (Å²) in [6, 6.07) is 0.680. The number of rotatable bonds is 5. The van der Waals surface area contributed by atoms with E-state index in [0.717, 1.165) is 39.3 Å². The molecule has 110 valence electrons. The number of nitrogens with one attached hydrogen (secondary N) is 1. The number of carbonyl (C=O) groups is 1. The van der Waals surface area contributed by atoms with Crippen molar-refractivity contribution in [3.8, 4) is 0 Å². The SMILES string of the molecule is CN(CCC(=O)N1CCNCC1)CC1CCCN1C. The van der Waals surface area contributed by atoms with E-state index in [1.807, 2.05) is 4.90 Å². The lowest BCUT2D eigenvalue weighted by Crippen LogP contribution is -2.47. The average molecular weight is 268 g/mol. The molecule has 1 N–H and O–H groups in total. The summed E-state index contributed by atoms with van der Waals surface area (Å²) in [6.45, 7) is 6.81. The summed E-state index contributed by atoms with van der Waals surface area (Å²) in [5, 5.41) is 3.28. The molecule has 2 aliphatic heterocycles. The summed E-state index contributed by atoms with van der Waals surface area (Å²) in [6.07, 6.45) is 3.27. The maximum atomic E-state index is 12.1. The third-order valence-electron chi connectivity index (χ3n) is 4.37. The molecule has 5 nitrogen and oxygen atoms in total. The van der Waals surface area contributed by atoms with Crippen LogP contribution in [0.5, 0.6) is 0 Å². The number of amides is 1. The highest BCUT2D eigenvalue weighted by Gasteiger charge is 2.22. The largest absolute Gasteiger partial charge is 0.340 e. The number of likely N-dealkylation sites (tertiary alicyclic amines) is 1. The lowest BCUT2D eigenvalue weighted by molar-refractivity contribution is -0.132. The Balaban J connectivity index is 1.65. The quantitative estimate of drug-likeness (QED) is 0.752. The van der Waals surface area contributed by atoms with Crippen LogP contribution >= 0.6 is 0 Å². The van der Waals surface area contributed by atoms with Crippen LogP contribution in [0.15, 0.2) is 0 Å². The normalized spacial score (nSPS) is 25.2. The molecule has 5 heteroatoms. The van der Waals surface area contributed by atoms with Gasteiger partial charge in [0.15, 0.2) is 0 Å². The molecule has 0 aromatic carbocycles. The van der Waals surface area contributed by atoms with Crippen molar-refractivity contribution < 1.29 is 4.79 Å². The molecule has 0 bridgehead atoms. The molecule has 2 heterocycles. The van der Waals surface area contributed by atoms with Gasteiger partial charge < -0.3 is 20.0 Å². The molecule has 0 aliphatic carbocycles. The second-order valence-electron chi connectivity index (χ2n) is 5.92. The van der Waals surface area contributed by atoms with Gasteiger partial charge in [0.1, 0.15) is 0 Å². The molecule has 0 spiro atoms. The van der Waals surface area contributed by atoms with Crippen molar-refractivity contribution in [3.05, 3.63) is 0 Å². The number of hydrogen-bond donors (Lipinski definition) is 1. The number of nitrogens with zero attached hydrogens (tertiary/aromatic N) is 3.